The first-order chi connectivity index (χ1) is 23.0. The SMILES string of the molecule is Cc1onc(-c2c(Cl)cccc2Cl)c1C(=O)N[C@@H]1C(=O)N2[C@@H]1SC(C)(C)[C@@H]2C(=O)O.c1ccc(CNCCNCc2ccccc2)cc1. The van der Waals surface area contributed by atoms with E-state index in [1.807, 2.05) is 12.1 Å². The van der Waals surface area contributed by atoms with Gasteiger partial charge in [-0.25, -0.2) is 4.79 Å². The van der Waals surface area contributed by atoms with E-state index < -0.39 is 40.0 Å². The third-order valence-electron chi connectivity index (χ3n) is 8.07. The van der Waals surface area contributed by atoms with Gasteiger partial charge in [-0.05, 0) is 44.0 Å². The van der Waals surface area contributed by atoms with Crippen LogP contribution in [-0.2, 0) is 22.7 Å². The highest BCUT2D eigenvalue weighted by molar-refractivity contribution is 8.01. The molecule has 13 heteroatoms. The van der Waals surface area contributed by atoms with Gasteiger partial charge in [0.1, 0.15) is 34.5 Å². The molecule has 3 heterocycles. The Hall–Kier alpha value is -3.87. The van der Waals surface area contributed by atoms with Gasteiger partial charge in [0.05, 0.1) is 10.0 Å². The van der Waals surface area contributed by atoms with Crippen molar-refractivity contribution in [3.05, 3.63) is 111 Å². The number of nitrogens with zero attached hydrogens (tertiary/aromatic N) is 2. The number of benzene rings is 3. The molecule has 10 nitrogen and oxygen atoms in total. The van der Waals surface area contributed by atoms with Gasteiger partial charge in [0.2, 0.25) is 5.91 Å². The molecule has 0 aliphatic carbocycles. The zero-order valence-corrected chi connectivity index (χ0v) is 29.0. The molecule has 0 saturated carbocycles. The lowest BCUT2D eigenvalue weighted by atomic mass is 9.95. The Bertz CT molecular complexity index is 1690. The highest BCUT2D eigenvalue weighted by atomic mass is 35.5. The second-order valence-corrected chi connectivity index (χ2v) is 14.5. The first-order valence-electron chi connectivity index (χ1n) is 15.4. The molecule has 3 aromatic carbocycles. The summed E-state index contributed by atoms with van der Waals surface area (Å²) in [5, 5.41) is 23.1. The maximum atomic E-state index is 13.1. The minimum absolute atomic E-state index is 0.119. The fourth-order valence-corrected chi connectivity index (χ4v) is 7.93. The van der Waals surface area contributed by atoms with Gasteiger partial charge in [-0.2, -0.15) is 0 Å². The molecule has 252 valence electrons. The Labute approximate surface area is 293 Å². The van der Waals surface area contributed by atoms with E-state index >= 15 is 0 Å². The van der Waals surface area contributed by atoms with E-state index in [0.29, 0.717) is 15.6 Å². The van der Waals surface area contributed by atoms with Crippen LogP contribution in [0.1, 0.15) is 41.1 Å². The number of aryl methyl sites for hydroxylation is 1. The van der Waals surface area contributed by atoms with E-state index in [4.69, 9.17) is 27.7 Å². The number of halogens is 2. The number of carboxylic acids is 1. The highest BCUT2D eigenvalue weighted by Gasteiger charge is 2.64. The first-order valence-corrected chi connectivity index (χ1v) is 17.1. The topological polar surface area (TPSA) is 137 Å². The van der Waals surface area contributed by atoms with E-state index in [1.165, 1.54) is 27.8 Å². The molecule has 0 unspecified atom stereocenters. The Morgan fingerprint density at radius 3 is 1.98 bits per heavy atom. The molecule has 2 aliphatic rings. The zero-order valence-electron chi connectivity index (χ0n) is 26.7. The van der Waals surface area contributed by atoms with Gasteiger partial charge in [0, 0.05) is 36.5 Å². The van der Waals surface area contributed by atoms with Crippen LogP contribution in [0.5, 0.6) is 0 Å². The quantitative estimate of drug-likeness (QED) is 0.113. The molecule has 0 spiro atoms. The summed E-state index contributed by atoms with van der Waals surface area (Å²) in [6.45, 7) is 8.95. The molecule has 2 aliphatic heterocycles. The Kier molecular flexibility index (Phi) is 11.5. The van der Waals surface area contributed by atoms with Gasteiger partial charge in [-0.15, -0.1) is 11.8 Å². The predicted octanol–water partition coefficient (Wildman–Crippen LogP) is 5.77. The monoisotopic (exact) mass is 709 g/mol. The number of hydrogen-bond donors (Lipinski definition) is 4. The third-order valence-corrected chi connectivity index (χ3v) is 10.3. The van der Waals surface area contributed by atoms with Crippen LogP contribution in [0.15, 0.2) is 83.4 Å². The minimum atomic E-state index is -1.07. The molecular formula is C35H37Cl2N5O5S. The van der Waals surface area contributed by atoms with E-state index in [9.17, 15) is 19.5 Å². The van der Waals surface area contributed by atoms with E-state index in [1.54, 1.807) is 39.0 Å². The molecule has 1 aromatic heterocycles. The van der Waals surface area contributed by atoms with Crippen molar-refractivity contribution < 1.29 is 24.0 Å². The first kappa shape index (κ1) is 35.4. The normalized spacial score (nSPS) is 19.1. The Morgan fingerprint density at radius 1 is 0.917 bits per heavy atom. The number of nitrogens with one attached hydrogen (secondary N) is 3. The maximum absolute atomic E-state index is 13.1. The molecular weight excluding hydrogens is 673 g/mol. The number of carbonyl (C=O) groups is 3. The van der Waals surface area contributed by atoms with Crippen LogP contribution in [-0.4, -0.2) is 68.2 Å². The van der Waals surface area contributed by atoms with Crippen LogP contribution in [0.4, 0.5) is 0 Å². The molecule has 2 fully saturated rings. The van der Waals surface area contributed by atoms with E-state index in [0.717, 1.165) is 26.2 Å². The number of fused-ring (bicyclic) bond motifs is 1. The molecule has 48 heavy (non-hydrogen) atoms. The Morgan fingerprint density at radius 2 is 1.46 bits per heavy atom. The number of aliphatic carboxylic acids is 1. The molecule has 4 aromatic rings. The fraction of sp³-hybridized carbons (Fsp3) is 0.314. The molecule has 2 saturated heterocycles. The van der Waals surface area contributed by atoms with Crippen LogP contribution in [0.25, 0.3) is 11.3 Å². The number of rotatable bonds is 11. The second-order valence-electron chi connectivity index (χ2n) is 11.9. The van der Waals surface area contributed by atoms with E-state index in [-0.39, 0.29) is 17.0 Å². The second kappa shape index (κ2) is 15.6. The maximum Gasteiger partial charge on any atom is 0.327 e. The third kappa shape index (κ3) is 7.88. The molecule has 4 N–H and O–H groups in total. The predicted molar refractivity (Wildman–Crippen MR) is 188 cm³/mol. The van der Waals surface area contributed by atoms with Crippen LogP contribution < -0.4 is 16.0 Å². The summed E-state index contributed by atoms with van der Waals surface area (Å²) < 4.78 is 4.52. The highest BCUT2D eigenvalue weighted by Crippen LogP contribution is 2.51. The van der Waals surface area contributed by atoms with Crippen LogP contribution in [0.3, 0.4) is 0 Å². The number of carbonyl (C=O) groups excluding carboxylic acids is 2. The van der Waals surface area contributed by atoms with Crippen molar-refractivity contribution in [2.75, 3.05) is 13.1 Å². The summed E-state index contributed by atoms with van der Waals surface area (Å²) in [6, 6.07) is 24.1. The lowest BCUT2D eigenvalue weighted by molar-refractivity contribution is -0.159. The van der Waals surface area contributed by atoms with Crippen LogP contribution >= 0.6 is 35.0 Å². The summed E-state index contributed by atoms with van der Waals surface area (Å²) in [4.78, 5) is 38.7. The summed E-state index contributed by atoms with van der Waals surface area (Å²) in [7, 11) is 0. The lowest BCUT2D eigenvalue weighted by Crippen LogP contribution is -2.70. The number of aromatic nitrogens is 1. The zero-order chi connectivity index (χ0) is 34.4. The van der Waals surface area contributed by atoms with Crippen molar-refractivity contribution in [1.82, 2.24) is 26.0 Å². The van der Waals surface area contributed by atoms with Crippen molar-refractivity contribution in [3.63, 3.8) is 0 Å². The lowest BCUT2D eigenvalue weighted by Gasteiger charge is -2.43. The number of β-lactam (4-membered cyclic amide) rings is 1. The van der Waals surface area contributed by atoms with Gasteiger partial charge in [0.25, 0.3) is 5.91 Å². The summed E-state index contributed by atoms with van der Waals surface area (Å²) in [6.07, 6.45) is 0. The number of hydrogen-bond acceptors (Lipinski definition) is 8. The summed E-state index contributed by atoms with van der Waals surface area (Å²) in [5.41, 5.74) is 3.31. The van der Waals surface area contributed by atoms with Crippen molar-refractivity contribution in [1.29, 1.82) is 0 Å². The van der Waals surface area contributed by atoms with Crippen molar-refractivity contribution >= 4 is 52.7 Å². The molecule has 0 radical (unpaired) electrons. The molecule has 0 bridgehead atoms. The fourth-order valence-electron chi connectivity index (χ4n) is 5.73. The number of thioether (sulfide) groups is 1. The van der Waals surface area contributed by atoms with Gasteiger partial charge in [0.15, 0.2) is 0 Å². The van der Waals surface area contributed by atoms with Gasteiger partial charge in [-0.3, -0.25) is 9.59 Å². The van der Waals surface area contributed by atoms with Crippen molar-refractivity contribution in [2.24, 2.45) is 0 Å². The van der Waals surface area contributed by atoms with Gasteiger partial charge < -0.3 is 30.5 Å². The van der Waals surface area contributed by atoms with Crippen molar-refractivity contribution in [3.8, 4) is 11.3 Å². The standard InChI is InChI=1S/C19H17Cl2N3O5S.C16H20N2/c1-7-10(12(23-29-7)11-8(20)5-4-6-9(11)21)15(25)22-13-16(26)24-14(18(27)28)19(2,3)30-17(13)24;1-3-7-15(8-4-1)13-17-11-12-18-14-16-9-5-2-6-10-16/h4-6,13-14,17H,1-3H3,(H,22,25)(H,27,28);1-10,17-18H,11-14H2/t13-,14+,17-;/m1./s1. The van der Waals surface area contributed by atoms with Crippen LogP contribution in [0.2, 0.25) is 10.0 Å². The largest absolute Gasteiger partial charge is 0.480 e. The van der Waals surface area contributed by atoms with Crippen LogP contribution in [0, 0.1) is 6.92 Å². The molecule has 3 atom stereocenters. The molecule has 2 amide bonds. The van der Waals surface area contributed by atoms with Gasteiger partial charge >= 0.3 is 5.97 Å². The Balaban J connectivity index is 0.000000214. The minimum Gasteiger partial charge on any atom is -0.480 e. The summed E-state index contributed by atoms with van der Waals surface area (Å²) in [5.74, 6) is -1.84. The number of amides is 2. The van der Waals surface area contributed by atoms with E-state index in [2.05, 4.69) is 69.6 Å². The summed E-state index contributed by atoms with van der Waals surface area (Å²) >= 11 is 13.8. The average Bonchev–Trinajstić information content (AvgIpc) is 3.56. The number of carboxylic acid groups (broad SMARTS) is 1. The van der Waals surface area contributed by atoms with Crippen molar-refractivity contribution in [2.45, 2.75) is 56.1 Å². The average molecular weight is 711 g/mol. The van der Waals surface area contributed by atoms with Gasteiger partial charge in [-0.1, -0.05) is 95.1 Å². The smallest absolute Gasteiger partial charge is 0.327 e. The molecule has 6 rings (SSSR count).